The number of carbonyl (C=O) groups excluding carboxylic acids is 1. The van der Waals surface area contributed by atoms with Crippen LogP contribution in [-0.4, -0.2) is 18.5 Å². The molecule has 0 radical (unpaired) electrons. The highest BCUT2D eigenvalue weighted by Crippen LogP contribution is 2.30. The van der Waals surface area contributed by atoms with Crippen molar-refractivity contribution in [3.8, 4) is 0 Å². The van der Waals surface area contributed by atoms with Crippen LogP contribution in [0, 0.1) is 5.92 Å². The van der Waals surface area contributed by atoms with Crippen molar-refractivity contribution in [3.63, 3.8) is 0 Å². The van der Waals surface area contributed by atoms with Gasteiger partial charge in [-0.25, -0.2) is 0 Å². The normalized spacial score (nSPS) is 19.2. The van der Waals surface area contributed by atoms with E-state index in [2.05, 4.69) is 22.8 Å². The van der Waals surface area contributed by atoms with Gasteiger partial charge in [0.15, 0.2) is 0 Å². The predicted octanol–water partition coefficient (Wildman–Crippen LogP) is 3.11. The first-order chi connectivity index (χ1) is 9.81. The first kappa shape index (κ1) is 13.6. The molecule has 2 N–H and O–H groups in total. The minimum absolute atomic E-state index is 0.181. The Morgan fingerprint density at radius 1 is 1.05 bits per heavy atom. The van der Waals surface area contributed by atoms with Gasteiger partial charge in [-0.2, -0.15) is 0 Å². The van der Waals surface area contributed by atoms with Crippen LogP contribution in [0.15, 0.2) is 24.3 Å². The summed E-state index contributed by atoms with van der Waals surface area (Å²) in [6.07, 6.45) is 8.61. The minimum Gasteiger partial charge on any atom is -0.326 e. The molecule has 1 aromatic carbocycles. The molecule has 0 aromatic heterocycles. The van der Waals surface area contributed by atoms with Crippen LogP contribution in [0.3, 0.4) is 0 Å². The van der Waals surface area contributed by atoms with Gasteiger partial charge in [0, 0.05) is 17.6 Å². The van der Waals surface area contributed by atoms with Gasteiger partial charge in [0.05, 0.1) is 0 Å². The third-order valence-electron chi connectivity index (χ3n) is 4.37. The maximum absolute atomic E-state index is 11.7. The fraction of sp³-hybridized carbons (Fsp3) is 0.588. The van der Waals surface area contributed by atoms with Gasteiger partial charge in [0.2, 0.25) is 5.91 Å². The predicted molar refractivity (Wildman–Crippen MR) is 81.8 cm³/mol. The van der Waals surface area contributed by atoms with E-state index in [1.807, 2.05) is 12.1 Å². The van der Waals surface area contributed by atoms with Crippen LogP contribution in [0.5, 0.6) is 0 Å². The molecule has 2 aliphatic rings. The van der Waals surface area contributed by atoms with E-state index in [0.29, 0.717) is 0 Å². The van der Waals surface area contributed by atoms with Gasteiger partial charge in [0.1, 0.15) is 0 Å². The second-order valence-electron chi connectivity index (χ2n) is 6.15. The lowest BCUT2D eigenvalue weighted by Crippen LogP contribution is -2.27. The summed E-state index contributed by atoms with van der Waals surface area (Å²) >= 11 is 0. The van der Waals surface area contributed by atoms with Gasteiger partial charge in [-0.1, -0.05) is 25.0 Å². The van der Waals surface area contributed by atoms with E-state index in [-0.39, 0.29) is 11.8 Å². The van der Waals surface area contributed by atoms with Crippen LogP contribution in [0.4, 0.5) is 5.69 Å². The molecule has 3 heteroatoms. The van der Waals surface area contributed by atoms with E-state index in [1.165, 1.54) is 31.2 Å². The summed E-state index contributed by atoms with van der Waals surface area (Å²) in [5.74, 6) is 0.450. The number of rotatable bonds is 6. The molecule has 2 fully saturated rings. The van der Waals surface area contributed by atoms with E-state index in [4.69, 9.17) is 0 Å². The molecule has 0 saturated heterocycles. The van der Waals surface area contributed by atoms with Crippen molar-refractivity contribution in [1.82, 2.24) is 5.32 Å². The largest absolute Gasteiger partial charge is 0.326 e. The van der Waals surface area contributed by atoms with Gasteiger partial charge in [0.25, 0.3) is 0 Å². The third kappa shape index (κ3) is 3.83. The monoisotopic (exact) mass is 272 g/mol. The van der Waals surface area contributed by atoms with Gasteiger partial charge in [-0.3, -0.25) is 4.79 Å². The molecule has 3 rings (SSSR count). The summed E-state index contributed by atoms with van der Waals surface area (Å²) < 4.78 is 0. The highest BCUT2D eigenvalue weighted by atomic mass is 16.2. The summed E-state index contributed by atoms with van der Waals surface area (Å²) in [5.41, 5.74) is 2.26. The first-order valence-electron chi connectivity index (χ1n) is 7.94. The lowest BCUT2D eigenvalue weighted by atomic mass is 10.1. The summed E-state index contributed by atoms with van der Waals surface area (Å²) in [4.78, 5) is 11.7. The average molecular weight is 272 g/mol. The highest BCUT2D eigenvalue weighted by molar-refractivity contribution is 5.93. The van der Waals surface area contributed by atoms with Crippen molar-refractivity contribution in [2.24, 2.45) is 5.92 Å². The maximum atomic E-state index is 11.7. The van der Waals surface area contributed by atoms with Crippen molar-refractivity contribution in [2.45, 2.75) is 51.0 Å². The molecular weight excluding hydrogens is 248 g/mol. The standard InChI is InChI=1S/C17H24N2O/c20-17(14-7-8-14)19-16-9-5-13(6-10-16)11-12-18-15-3-1-2-4-15/h5-6,9-10,14-15,18H,1-4,7-8,11-12H2,(H,19,20). The Kier molecular flexibility index (Phi) is 4.36. The van der Waals surface area contributed by atoms with Gasteiger partial charge < -0.3 is 10.6 Å². The molecule has 1 amide bonds. The molecule has 0 bridgehead atoms. The summed E-state index contributed by atoms with van der Waals surface area (Å²) in [6, 6.07) is 9.03. The fourth-order valence-electron chi connectivity index (χ4n) is 2.90. The van der Waals surface area contributed by atoms with E-state index in [1.54, 1.807) is 0 Å². The van der Waals surface area contributed by atoms with Crippen LogP contribution in [-0.2, 0) is 11.2 Å². The molecule has 3 nitrogen and oxygen atoms in total. The number of amides is 1. The zero-order valence-electron chi connectivity index (χ0n) is 12.0. The Morgan fingerprint density at radius 2 is 1.75 bits per heavy atom. The van der Waals surface area contributed by atoms with Crippen molar-refractivity contribution in [1.29, 1.82) is 0 Å². The maximum Gasteiger partial charge on any atom is 0.227 e. The van der Waals surface area contributed by atoms with Crippen LogP contribution < -0.4 is 10.6 Å². The van der Waals surface area contributed by atoms with Crippen LogP contribution in [0.25, 0.3) is 0 Å². The zero-order valence-corrected chi connectivity index (χ0v) is 12.0. The smallest absolute Gasteiger partial charge is 0.227 e. The van der Waals surface area contributed by atoms with Crippen molar-refractivity contribution < 1.29 is 4.79 Å². The van der Waals surface area contributed by atoms with Crippen LogP contribution in [0.1, 0.15) is 44.1 Å². The Bertz CT molecular complexity index is 445. The van der Waals surface area contributed by atoms with Gasteiger partial charge in [-0.15, -0.1) is 0 Å². The first-order valence-corrected chi connectivity index (χ1v) is 7.94. The number of nitrogens with one attached hydrogen (secondary N) is 2. The average Bonchev–Trinajstić information content (AvgIpc) is 3.19. The molecule has 1 aromatic rings. The van der Waals surface area contributed by atoms with Crippen molar-refractivity contribution >= 4 is 11.6 Å². The Hall–Kier alpha value is -1.35. The topological polar surface area (TPSA) is 41.1 Å². The molecule has 2 aliphatic carbocycles. The summed E-state index contributed by atoms with van der Waals surface area (Å²) in [6.45, 7) is 1.05. The van der Waals surface area contributed by atoms with Crippen LogP contribution >= 0.6 is 0 Å². The third-order valence-corrected chi connectivity index (χ3v) is 4.37. The minimum atomic E-state index is 0.181. The molecule has 20 heavy (non-hydrogen) atoms. The lowest BCUT2D eigenvalue weighted by Gasteiger charge is -2.11. The van der Waals surface area contributed by atoms with Crippen molar-refractivity contribution in [2.75, 3.05) is 11.9 Å². The summed E-state index contributed by atoms with van der Waals surface area (Å²) in [5, 5.41) is 6.61. The Labute approximate surface area is 121 Å². The van der Waals surface area contributed by atoms with Crippen LogP contribution in [0.2, 0.25) is 0 Å². The number of hydrogen-bond acceptors (Lipinski definition) is 2. The van der Waals surface area contributed by atoms with Gasteiger partial charge >= 0.3 is 0 Å². The number of carbonyl (C=O) groups is 1. The molecule has 0 unspecified atom stereocenters. The Balaban J connectivity index is 1.42. The molecular formula is C17H24N2O. The molecule has 0 spiro atoms. The highest BCUT2D eigenvalue weighted by Gasteiger charge is 2.29. The zero-order chi connectivity index (χ0) is 13.8. The number of benzene rings is 1. The van der Waals surface area contributed by atoms with E-state index >= 15 is 0 Å². The van der Waals surface area contributed by atoms with Gasteiger partial charge in [-0.05, 0) is 56.3 Å². The molecule has 108 valence electrons. The molecule has 0 heterocycles. The second kappa shape index (κ2) is 6.40. The second-order valence-corrected chi connectivity index (χ2v) is 6.15. The van der Waals surface area contributed by atoms with E-state index in [9.17, 15) is 4.79 Å². The lowest BCUT2D eigenvalue weighted by molar-refractivity contribution is -0.117. The number of hydrogen-bond donors (Lipinski definition) is 2. The molecule has 2 saturated carbocycles. The SMILES string of the molecule is O=C(Nc1ccc(CCNC2CCCC2)cc1)C1CC1. The fourth-order valence-corrected chi connectivity index (χ4v) is 2.90. The van der Waals surface area contributed by atoms with Crippen molar-refractivity contribution in [3.05, 3.63) is 29.8 Å². The Morgan fingerprint density at radius 3 is 2.40 bits per heavy atom. The molecule has 0 atom stereocenters. The van der Waals surface area contributed by atoms with E-state index < -0.39 is 0 Å². The quantitative estimate of drug-likeness (QED) is 0.835. The molecule has 0 aliphatic heterocycles. The summed E-state index contributed by atoms with van der Waals surface area (Å²) in [7, 11) is 0. The van der Waals surface area contributed by atoms with E-state index in [0.717, 1.165) is 37.5 Å². The number of anilines is 1.